The van der Waals surface area contributed by atoms with Crippen LogP contribution in [0.2, 0.25) is 0 Å². The Morgan fingerprint density at radius 2 is 1.67 bits per heavy atom. The van der Waals surface area contributed by atoms with Gasteiger partial charge in [0.2, 0.25) is 5.89 Å². The molecular weight excluding hydrogens is 496 g/mol. The van der Waals surface area contributed by atoms with E-state index in [1.165, 1.54) is 0 Å². The summed E-state index contributed by atoms with van der Waals surface area (Å²) in [6.45, 7) is 5.84. The van der Waals surface area contributed by atoms with Crippen LogP contribution in [0.4, 0.5) is 5.69 Å². The second-order valence-corrected chi connectivity index (χ2v) is 9.37. The fraction of sp³-hybridized carbons (Fsp3) is 0.258. The number of para-hydroxylation sites is 1. The standard InChI is InChI=1S/C31H32N2O6/c1-20(2)38-31(36)25-11-7-8-12-27(25)32-28(30(34)35)19-22-13-15-24(16-14-22)37-18-17-26-21(3)39-29(33-26)23-9-5-4-6-10-23/h4-16,20,28,32H,17-19H2,1-3H3,(H,34,35)/t28-/m0/s1. The highest BCUT2D eigenvalue weighted by molar-refractivity contribution is 5.96. The van der Waals surface area contributed by atoms with Gasteiger partial charge in [0.25, 0.3) is 0 Å². The number of hydrogen-bond acceptors (Lipinski definition) is 7. The van der Waals surface area contributed by atoms with Crippen molar-refractivity contribution in [2.24, 2.45) is 0 Å². The number of anilines is 1. The average molecular weight is 529 g/mol. The summed E-state index contributed by atoms with van der Waals surface area (Å²) in [5.74, 6) is 0.494. The lowest BCUT2D eigenvalue weighted by Gasteiger charge is -2.19. The molecule has 1 heterocycles. The first-order valence-electron chi connectivity index (χ1n) is 12.8. The average Bonchev–Trinajstić information content (AvgIpc) is 3.30. The van der Waals surface area contributed by atoms with Crippen molar-refractivity contribution in [3.05, 3.63) is 101 Å². The van der Waals surface area contributed by atoms with Crippen LogP contribution >= 0.6 is 0 Å². The van der Waals surface area contributed by atoms with Crippen molar-refractivity contribution in [3.63, 3.8) is 0 Å². The van der Waals surface area contributed by atoms with E-state index in [0.717, 1.165) is 22.6 Å². The number of nitrogens with one attached hydrogen (secondary N) is 1. The van der Waals surface area contributed by atoms with Gasteiger partial charge in [-0.05, 0) is 62.7 Å². The van der Waals surface area contributed by atoms with Crippen LogP contribution < -0.4 is 10.1 Å². The minimum Gasteiger partial charge on any atom is -0.493 e. The molecule has 4 aromatic rings. The zero-order chi connectivity index (χ0) is 27.8. The van der Waals surface area contributed by atoms with Crippen molar-refractivity contribution in [3.8, 4) is 17.2 Å². The number of oxazole rings is 1. The van der Waals surface area contributed by atoms with E-state index in [9.17, 15) is 14.7 Å². The molecule has 0 spiro atoms. The maximum atomic E-state index is 12.5. The molecule has 1 aromatic heterocycles. The molecule has 3 aromatic carbocycles. The molecule has 0 fully saturated rings. The molecular formula is C31H32N2O6. The number of benzene rings is 3. The van der Waals surface area contributed by atoms with Gasteiger partial charge in [-0.25, -0.2) is 14.6 Å². The van der Waals surface area contributed by atoms with E-state index in [2.05, 4.69) is 10.3 Å². The summed E-state index contributed by atoms with van der Waals surface area (Å²) in [4.78, 5) is 29.1. The van der Waals surface area contributed by atoms with Gasteiger partial charge in [0.1, 0.15) is 17.6 Å². The topological polar surface area (TPSA) is 111 Å². The quantitative estimate of drug-likeness (QED) is 0.217. The van der Waals surface area contributed by atoms with Crippen LogP contribution in [-0.2, 0) is 22.4 Å². The third-order valence-corrected chi connectivity index (χ3v) is 6.00. The van der Waals surface area contributed by atoms with Gasteiger partial charge in [0, 0.05) is 24.1 Å². The van der Waals surface area contributed by atoms with E-state index >= 15 is 0 Å². The molecule has 8 heteroatoms. The Morgan fingerprint density at radius 3 is 2.36 bits per heavy atom. The fourth-order valence-electron chi connectivity index (χ4n) is 4.04. The first kappa shape index (κ1) is 27.4. The summed E-state index contributed by atoms with van der Waals surface area (Å²) in [5, 5.41) is 12.8. The Labute approximate surface area is 227 Å². The molecule has 0 aliphatic rings. The molecule has 1 atom stereocenters. The Balaban J connectivity index is 1.34. The van der Waals surface area contributed by atoms with Crippen molar-refractivity contribution in [1.82, 2.24) is 4.98 Å². The number of carbonyl (C=O) groups is 2. The highest BCUT2D eigenvalue weighted by Gasteiger charge is 2.22. The lowest BCUT2D eigenvalue weighted by molar-refractivity contribution is -0.137. The number of aromatic nitrogens is 1. The van der Waals surface area contributed by atoms with Crippen molar-refractivity contribution in [2.75, 3.05) is 11.9 Å². The Morgan fingerprint density at radius 1 is 0.974 bits per heavy atom. The van der Waals surface area contributed by atoms with E-state index in [0.29, 0.717) is 35.9 Å². The lowest BCUT2D eigenvalue weighted by Crippen LogP contribution is -2.32. The van der Waals surface area contributed by atoms with Gasteiger partial charge in [-0.1, -0.05) is 42.5 Å². The summed E-state index contributed by atoms with van der Waals surface area (Å²) < 4.78 is 17.0. The largest absolute Gasteiger partial charge is 0.493 e. The van der Waals surface area contributed by atoms with Gasteiger partial charge in [0.15, 0.2) is 0 Å². The van der Waals surface area contributed by atoms with Gasteiger partial charge >= 0.3 is 11.9 Å². The van der Waals surface area contributed by atoms with Crippen LogP contribution in [0.1, 0.15) is 41.2 Å². The third kappa shape index (κ3) is 7.47. The number of carboxylic acids is 1. The van der Waals surface area contributed by atoms with E-state index in [-0.39, 0.29) is 12.5 Å². The molecule has 0 aliphatic heterocycles. The second kappa shape index (κ2) is 12.8. The van der Waals surface area contributed by atoms with E-state index in [1.807, 2.05) is 61.5 Å². The van der Waals surface area contributed by atoms with E-state index in [4.69, 9.17) is 13.9 Å². The number of carboxylic acid groups (broad SMARTS) is 1. The summed E-state index contributed by atoms with van der Waals surface area (Å²) in [6, 6.07) is 22.8. The number of ether oxygens (including phenoxy) is 2. The van der Waals surface area contributed by atoms with Crippen LogP contribution in [-0.4, -0.2) is 40.8 Å². The van der Waals surface area contributed by atoms with Crippen LogP contribution in [0.15, 0.2) is 83.3 Å². The highest BCUT2D eigenvalue weighted by Crippen LogP contribution is 2.23. The van der Waals surface area contributed by atoms with Crippen molar-refractivity contribution < 1.29 is 28.6 Å². The third-order valence-electron chi connectivity index (χ3n) is 6.00. The summed E-state index contributed by atoms with van der Waals surface area (Å²) >= 11 is 0. The molecule has 4 rings (SSSR count). The molecule has 0 aliphatic carbocycles. The van der Waals surface area contributed by atoms with Gasteiger partial charge in [-0.3, -0.25) is 0 Å². The molecule has 0 radical (unpaired) electrons. The van der Waals surface area contributed by atoms with Gasteiger partial charge in [0.05, 0.1) is 24.0 Å². The minimum atomic E-state index is -1.03. The van der Waals surface area contributed by atoms with Crippen LogP contribution in [0.3, 0.4) is 0 Å². The van der Waals surface area contributed by atoms with Crippen LogP contribution in [0.5, 0.6) is 5.75 Å². The molecule has 0 amide bonds. The summed E-state index contributed by atoms with van der Waals surface area (Å²) in [7, 11) is 0. The lowest BCUT2D eigenvalue weighted by atomic mass is 10.0. The van der Waals surface area contributed by atoms with Crippen molar-refractivity contribution in [1.29, 1.82) is 0 Å². The number of carbonyl (C=O) groups excluding carboxylic acids is 1. The number of nitrogens with zero attached hydrogens (tertiary/aromatic N) is 1. The number of hydrogen-bond donors (Lipinski definition) is 2. The fourth-order valence-corrected chi connectivity index (χ4v) is 4.04. The predicted molar refractivity (Wildman–Crippen MR) is 148 cm³/mol. The van der Waals surface area contributed by atoms with Crippen LogP contribution in [0.25, 0.3) is 11.5 Å². The highest BCUT2D eigenvalue weighted by atomic mass is 16.5. The van der Waals surface area contributed by atoms with Crippen LogP contribution in [0, 0.1) is 6.92 Å². The zero-order valence-electron chi connectivity index (χ0n) is 22.2. The summed E-state index contributed by atoms with van der Waals surface area (Å²) in [5.41, 5.74) is 3.28. The molecule has 0 saturated heterocycles. The monoisotopic (exact) mass is 528 g/mol. The van der Waals surface area contributed by atoms with E-state index in [1.54, 1.807) is 38.1 Å². The Bertz CT molecular complexity index is 1400. The van der Waals surface area contributed by atoms with Gasteiger partial charge < -0.3 is 24.3 Å². The van der Waals surface area contributed by atoms with E-state index < -0.39 is 18.0 Å². The molecule has 202 valence electrons. The molecule has 0 unspecified atom stereocenters. The molecule has 2 N–H and O–H groups in total. The first-order valence-corrected chi connectivity index (χ1v) is 12.8. The van der Waals surface area contributed by atoms with Crippen molar-refractivity contribution in [2.45, 2.75) is 45.8 Å². The Hall–Kier alpha value is -4.59. The predicted octanol–water partition coefficient (Wildman–Crippen LogP) is 5.94. The molecule has 39 heavy (non-hydrogen) atoms. The zero-order valence-corrected chi connectivity index (χ0v) is 22.2. The number of esters is 1. The Kier molecular flexibility index (Phi) is 8.99. The maximum absolute atomic E-state index is 12.5. The number of aliphatic carboxylic acids is 1. The molecule has 0 saturated carbocycles. The summed E-state index contributed by atoms with van der Waals surface area (Å²) in [6.07, 6.45) is 0.519. The number of aryl methyl sites for hydroxylation is 1. The first-order chi connectivity index (χ1) is 18.8. The van der Waals surface area contributed by atoms with Gasteiger partial charge in [-0.15, -0.1) is 0 Å². The minimum absolute atomic E-state index is 0.212. The van der Waals surface area contributed by atoms with Gasteiger partial charge in [-0.2, -0.15) is 0 Å². The SMILES string of the molecule is Cc1oc(-c2ccccc2)nc1CCOc1ccc(C[C@H](Nc2ccccc2C(=O)OC(C)C)C(=O)O)cc1. The maximum Gasteiger partial charge on any atom is 0.340 e. The van der Waals surface area contributed by atoms with Crippen molar-refractivity contribution >= 4 is 17.6 Å². The second-order valence-electron chi connectivity index (χ2n) is 9.37. The molecule has 8 nitrogen and oxygen atoms in total. The molecule has 0 bridgehead atoms. The smallest absolute Gasteiger partial charge is 0.340 e. The number of rotatable bonds is 12. The normalized spacial score (nSPS) is 11.7.